The van der Waals surface area contributed by atoms with Crippen molar-refractivity contribution >= 4 is 15.9 Å². The molecule has 2 nitrogen and oxygen atoms in total. The second-order valence-corrected chi connectivity index (χ2v) is 5.26. The molecule has 0 amide bonds. The van der Waals surface area contributed by atoms with E-state index in [1.165, 1.54) is 6.07 Å². The van der Waals surface area contributed by atoms with Crippen LogP contribution in [0.15, 0.2) is 46.9 Å². The van der Waals surface area contributed by atoms with Crippen LogP contribution in [0.5, 0.6) is 5.75 Å². The second kappa shape index (κ2) is 6.17. The van der Waals surface area contributed by atoms with Gasteiger partial charge in [0.15, 0.2) is 0 Å². The maximum absolute atomic E-state index is 13.6. The van der Waals surface area contributed by atoms with E-state index in [2.05, 4.69) is 21.2 Å². The molecule has 2 rings (SSSR count). The van der Waals surface area contributed by atoms with Crippen LogP contribution in [-0.4, -0.2) is 5.11 Å². The summed E-state index contributed by atoms with van der Waals surface area (Å²) in [6.07, 6.45) is 0. The average Bonchev–Trinajstić information content (AvgIpc) is 2.40. The zero-order valence-electron chi connectivity index (χ0n) is 10.5. The van der Waals surface area contributed by atoms with Crippen molar-refractivity contribution in [1.82, 2.24) is 5.32 Å². The van der Waals surface area contributed by atoms with E-state index in [0.29, 0.717) is 16.6 Å². The summed E-state index contributed by atoms with van der Waals surface area (Å²) in [6.45, 7) is 2.53. The summed E-state index contributed by atoms with van der Waals surface area (Å²) < 4.78 is 14.3. The van der Waals surface area contributed by atoms with E-state index >= 15 is 0 Å². The molecule has 1 atom stereocenters. The molecule has 0 aromatic heterocycles. The van der Waals surface area contributed by atoms with E-state index in [1.807, 2.05) is 25.1 Å². The molecule has 0 fully saturated rings. The minimum absolute atomic E-state index is 0.0752. The number of hydrogen-bond donors (Lipinski definition) is 2. The summed E-state index contributed by atoms with van der Waals surface area (Å²) in [5.74, 6) is 0.0142. The largest absolute Gasteiger partial charge is 0.507 e. The smallest absolute Gasteiger partial charge is 0.129 e. The fourth-order valence-corrected chi connectivity index (χ4v) is 2.29. The number of phenolic OH excluding ortho intramolecular Hbond substituents is 1. The van der Waals surface area contributed by atoms with Crippen molar-refractivity contribution in [3.8, 4) is 5.75 Å². The molecule has 0 bridgehead atoms. The average molecular weight is 324 g/mol. The second-order valence-electron chi connectivity index (χ2n) is 4.41. The van der Waals surface area contributed by atoms with Crippen molar-refractivity contribution in [2.24, 2.45) is 0 Å². The van der Waals surface area contributed by atoms with Crippen LogP contribution < -0.4 is 5.32 Å². The van der Waals surface area contributed by atoms with E-state index < -0.39 is 0 Å². The van der Waals surface area contributed by atoms with E-state index in [0.717, 1.165) is 5.56 Å². The number of hydrogen-bond acceptors (Lipinski definition) is 2. The Balaban J connectivity index is 2.02. The highest BCUT2D eigenvalue weighted by atomic mass is 79.9. The SMILES string of the molecule is C[C@@H](NCc1ccc(O)c(Br)c1)c1ccccc1F. The minimum Gasteiger partial charge on any atom is -0.507 e. The lowest BCUT2D eigenvalue weighted by molar-refractivity contribution is 0.471. The zero-order valence-corrected chi connectivity index (χ0v) is 12.1. The third-order valence-corrected chi connectivity index (χ3v) is 3.63. The molecule has 2 aromatic rings. The quantitative estimate of drug-likeness (QED) is 0.886. The van der Waals surface area contributed by atoms with Gasteiger partial charge in [-0.25, -0.2) is 4.39 Å². The first-order valence-electron chi connectivity index (χ1n) is 6.03. The molecule has 0 aliphatic rings. The highest BCUT2D eigenvalue weighted by Crippen LogP contribution is 2.24. The van der Waals surface area contributed by atoms with Crippen molar-refractivity contribution in [2.45, 2.75) is 19.5 Å². The van der Waals surface area contributed by atoms with Gasteiger partial charge in [-0.1, -0.05) is 24.3 Å². The normalized spacial score (nSPS) is 12.4. The molecule has 2 aromatic carbocycles. The molecule has 100 valence electrons. The Hall–Kier alpha value is -1.39. The monoisotopic (exact) mass is 323 g/mol. The van der Waals surface area contributed by atoms with Crippen LogP contribution in [-0.2, 0) is 6.54 Å². The van der Waals surface area contributed by atoms with E-state index in [4.69, 9.17) is 0 Å². The summed E-state index contributed by atoms with van der Waals surface area (Å²) in [4.78, 5) is 0. The molecule has 0 saturated heterocycles. The van der Waals surface area contributed by atoms with Crippen LogP contribution in [0.3, 0.4) is 0 Å². The van der Waals surface area contributed by atoms with Gasteiger partial charge in [-0.2, -0.15) is 0 Å². The molecule has 0 aliphatic carbocycles. The molecule has 0 unspecified atom stereocenters. The molecule has 0 spiro atoms. The topological polar surface area (TPSA) is 32.3 Å². The molecule has 4 heteroatoms. The van der Waals surface area contributed by atoms with Crippen molar-refractivity contribution in [2.75, 3.05) is 0 Å². The summed E-state index contributed by atoms with van der Waals surface area (Å²) in [5, 5.41) is 12.7. The Kier molecular flexibility index (Phi) is 4.56. The Bertz CT molecular complexity index is 574. The number of rotatable bonds is 4. The van der Waals surface area contributed by atoms with Crippen LogP contribution in [0, 0.1) is 5.82 Å². The van der Waals surface area contributed by atoms with Crippen molar-refractivity contribution in [3.05, 3.63) is 63.9 Å². The molecule has 0 radical (unpaired) electrons. The number of nitrogens with one attached hydrogen (secondary N) is 1. The van der Waals surface area contributed by atoms with Gasteiger partial charge < -0.3 is 10.4 Å². The maximum atomic E-state index is 13.6. The molecule has 0 heterocycles. The predicted octanol–water partition coefficient (Wildman–Crippen LogP) is 4.14. The summed E-state index contributed by atoms with van der Waals surface area (Å²) >= 11 is 3.27. The maximum Gasteiger partial charge on any atom is 0.129 e. The van der Waals surface area contributed by atoms with Gasteiger partial charge in [-0.3, -0.25) is 0 Å². The molecule has 0 saturated carbocycles. The Morgan fingerprint density at radius 1 is 1.26 bits per heavy atom. The molecular weight excluding hydrogens is 309 g/mol. The summed E-state index contributed by atoms with van der Waals surface area (Å²) in [7, 11) is 0. The van der Waals surface area contributed by atoms with Crippen LogP contribution in [0.25, 0.3) is 0 Å². The molecule has 2 N–H and O–H groups in total. The number of aromatic hydroxyl groups is 1. The van der Waals surface area contributed by atoms with Crippen LogP contribution in [0.1, 0.15) is 24.1 Å². The standard InChI is InChI=1S/C15H15BrFNO/c1-10(12-4-2-3-5-14(12)17)18-9-11-6-7-15(19)13(16)8-11/h2-8,10,18-19H,9H2,1H3/t10-/m1/s1. The van der Waals surface area contributed by atoms with E-state index in [1.54, 1.807) is 18.2 Å². The Morgan fingerprint density at radius 3 is 2.68 bits per heavy atom. The predicted molar refractivity (Wildman–Crippen MR) is 77.5 cm³/mol. The molecule has 19 heavy (non-hydrogen) atoms. The lowest BCUT2D eigenvalue weighted by Crippen LogP contribution is -2.19. The van der Waals surface area contributed by atoms with Gasteiger partial charge in [0.1, 0.15) is 11.6 Å². The van der Waals surface area contributed by atoms with Crippen molar-refractivity contribution in [3.63, 3.8) is 0 Å². The Morgan fingerprint density at radius 2 is 2.00 bits per heavy atom. The summed E-state index contributed by atoms with van der Waals surface area (Å²) in [5.41, 5.74) is 1.67. The van der Waals surface area contributed by atoms with Crippen LogP contribution in [0.2, 0.25) is 0 Å². The number of halogens is 2. The van der Waals surface area contributed by atoms with Gasteiger partial charge in [0.05, 0.1) is 4.47 Å². The van der Waals surface area contributed by atoms with Crippen LogP contribution in [0.4, 0.5) is 4.39 Å². The fraction of sp³-hybridized carbons (Fsp3) is 0.200. The van der Waals surface area contributed by atoms with E-state index in [9.17, 15) is 9.50 Å². The lowest BCUT2D eigenvalue weighted by Gasteiger charge is -2.15. The Labute approximate surface area is 120 Å². The van der Waals surface area contributed by atoms with Crippen molar-refractivity contribution < 1.29 is 9.50 Å². The number of phenols is 1. The van der Waals surface area contributed by atoms with Gasteiger partial charge in [0.25, 0.3) is 0 Å². The van der Waals surface area contributed by atoms with Crippen molar-refractivity contribution in [1.29, 1.82) is 0 Å². The van der Waals surface area contributed by atoms with Crippen LogP contribution >= 0.6 is 15.9 Å². The van der Waals surface area contributed by atoms with E-state index in [-0.39, 0.29) is 17.6 Å². The molecular formula is C15H15BrFNO. The number of benzene rings is 2. The minimum atomic E-state index is -0.200. The fourth-order valence-electron chi connectivity index (χ4n) is 1.87. The van der Waals surface area contributed by atoms with Gasteiger partial charge >= 0.3 is 0 Å². The third kappa shape index (κ3) is 3.55. The van der Waals surface area contributed by atoms with Gasteiger partial charge in [-0.05, 0) is 46.6 Å². The van der Waals surface area contributed by atoms with Gasteiger partial charge in [-0.15, -0.1) is 0 Å². The third-order valence-electron chi connectivity index (χ3n) is 3.00. The first-order chi connectivity index (χ1) is 9.08. The lowest BCUT2D eigenvalue weighted by atomic mass is 10.1. The van der Waals surface area contributed by atoms with Gasteiger partial charge in [0, 0.05) is 18.2 Å². The highest BCUT2D eigenvalue weighted by Gasteiger charge is 2.09. The first-order valence-corrected chi connectivity index (χ1v) is 6.82. The first kappa shape index (κ1) is 14.0. The molecule has 0 aliphatic heterocycles. The van der Waals surface area contributed by atoms with Gasteiger partial charge in [0.2, 0.25) is 0 Å². The summed E-state index contributed by atoms with van der Waals surface area (Å²) in [6, 6.07) is 12.0. The highest BCUT2D eigenvalue weighted by molar-refractivity contribution is 9.10. The zero-order chi connectivity index (χ0) is 13.8.